The van der Waals surface area contributed by atoms with Gasteiger partial charge in [0, 0.05) is 19.7 Å². The van der Waals surface area contributed by atoms with Crippen molar-refractivity contribution in [3.63, 3.8) is 0 Å². The van der Waals surface area contributed by atoms with Crippen LogP contribution in [0.1, 0.15) is 32.9 Å². The molecule has 3 N–H and O–H groups in total. The number of aromatic nitrogens is 2. The van der Waals surface area contributed by atoms with Crippen LogP contribution >= 0.6 is 0 Å². The zero-order valence-corrected chi connectivity index (χ0v) is 12.1. The summed E-state index contributed by atoms with van der Waals surface area (Å²) in [6, 6.07) is 1.57. The molecule has 1 aromatic rings. The van der Waals surface area contributed by atoms with Crippen LogP contribution in [0.25, 0.3) is 0 Å². The topological polar surface area (TPSA) is 79.2 Å². The highest BCUT2D eigenvalue weighted by atomic mass is 16.3. The monoisotopic (exact) mass is 268 g/mol. The molecule has 0 aliphatic heterocycles. The Morgan fingerprint density at radius 1 is 1.53 bits per heavy atom. The second kappa shape index (κ2) is 7.13. The van der Waals surface area contributed by atoms with Gasteiger partial charge < -0.3 is 10.4 Å². The van der Waals surface area contributed by atoms with Crippen LogP contribution in [-0.2, 0) is 13.5 Å². The van der Waals surface area contributed by atoms with Gasteiger partial charge in [0.25, 0.3) is 0 Å². The van der Waals surface area contributed by atoms with E-state index in [1.165, 1.54) is 0 Å². The molecule has 0 spiro atoms. The summed E-state index contributed by atoms with van der Waals surface area (Å²) in [5.41, 5.74) is 0.938. The van der Waals surface area contributed by atoms with E-state index in [0.717, 1.165) is 12.1 Å². The summed E-state index contributed by atoms with van der Waals surface area (Å²) in [5.74, 6) is 0.868. The highest BCUT2D eigenvalue weighted by molar-refractivity contribution is 5.88. The minimum Gasteiger partial charge on any atom is -0.393 e. The number of nitrogens with zero attached hydrogens (tertiary/aromatic N) is 2. The van der Waals surface area contributed by atoms with E-state index in [-0.39, 0.29) is 18.1 Å². The first-order valence-corrected chi connectivity index (χ1v) is 6.69. The van der Waals surface area contributed by atoms with Crippen LogP contribution in [0, 0.1) is 5.92 Å². The number of hydrogen-bond donors (Lipinski definition) is 3. The molecule has 6 heteroatoms. The number of anilines is 1. The first-order valence-electron chi connectivity index (χ1n) is 6.69. The van der Waals surface area contributed by atoms with Crippen LogP contribution < -0.4 is 10.6 Å². The molecule has 108 valence electrons. The van der Waals surface area contributed by atoms with Crippen molar-refractivity contribution < 1.29 is 9.90 Å². The standard InChI is InChI=1S/C13H24N4O2/c1-5-10-8-12(17(4)16-10)15-13(19)14-7-6-11(18)9(2)3/h8-9,11,18H,5-7H2,1-4H3,(H2,14,15,19). The zero-order valence-electron chi connectivity index (χ0n) is 12.1. The number of urea groups is 1. The highest BCUT2D eigenvalue weighted by Gasteiger charge is 2.10. The molecule has 0 aliphatic carbocycles. The normalized spacial score (nSPS) is 12.5. The molecule has 1 aromatic heterocycles. The van der Waals surface area contributed by atoms with E-state index >= 15 is 0 Å². The molecule has 1 heterocycles. The maximum atomic E-state index is 11.7. The summed E-state index contributed by atoms with van der Waals surface area (Å²) in [6.45, 7) is 6.36. The maximum Gasteiger partial charge on any atom is 0.320 e. The third-order valence-corrected chi connectivity index (χ3v) is 3.03. The molecule has 1 unspecified atom stereocenters. The first kappa shape index (κ1) is 15.5. The largest absolute Gasteiger partial charge is 0.393 e. The third-order valence-electron chi connectivity index (χ3n) is 3.03. The number of amides is 2. The summed E-state index contributed by atoms with van der Waals surface area (Å²) in [4.78, 5) is 11.7. The fourth-order valence-corrected chi connectivity index (χ4v) is 1.64. The van der Waals surface area contributed by atoms with Crippen molar-refractivity contribution in [2.24, 2.45) is 13.0 Å². The number of aliphatic hydroxyl groups excluding tert-OH is 1. The molecule has 19 heavy (non-hydrogen) atoms. The zero-order chi connectivity index (χ0) is 14.4. The van der Waals surface area contributed by atoms with Gasteiger partial charge in [-0.2, -0.15) is 5.10 Å². The average molecular weight is 268 g/mol. The second-order valence-electron chi connectivity index (χ2n) is 4.98. The Morgan fingerprint density at radius 2 is 2.21 bits per heavy atom. The summed E-state index contributed by atoms with van der Waals surface area (Å²) in [6.07, 6.45) is 0.998. The van der Waals surface area contributed by atoms with E-state index < -0.39 is 0 Å². The van der Waals surface area contributed by atoms with Crippen LogP contribution in [-0.4, -0.2) is 33.6 Å². The van der Waals surface area contributed by atoms with Gasteiger partial charge in [0.1, 0.15) is 5.82 Å². The molecule has 0 saturated heterocycles. The Balaban J connectivity index is 2.36. The van der Waals surface area contributed by atoms with Gasteiger partial charge in [-0.05, 0) is 18.8 Å². The van der Waals surface area contributed by atoms with Gasteiger partial charge in [-0.1, -0.05) is 20.8 Å². The smallest absolute Gasteiger partial charge is 0.320 e. The number of carbonyl (C=O) groups excluding carboxylic acids is 1. The minimum absolute atomic E-state index is 0.203. The van der Waals surface area contributed by atoms with Crippen LogP contribution in [0.5, 0.6) is 0 Å². The van der Waals surface area contributed by atoms with Gasteiger partial charge in [0.05, 0.1) is 11.8 Å². The lowest BCUT2D eigenvalue weighted by Crippen LogP contribution is -2.32. The maximum absolute atomic E-state index is 11.7. The predicted octanol–water partition coefficient (Wildman–Crippen LogP) is 1.51. The summed E-state index contributed by atoms with van der Waals surface area (Å²) in [5, 5.41) is 19.3. The van der Waals surface area contributed by atoms with Crippen molar-refractivity contribution >= 4 is 11.8 Å². The van der Waals surface area contributed by atoms with Gasteiger partial charge in [-0.3, -0.25) is 10.00 Å². The highest BCUT2D eigenvalue weighted by Crippen LogP contribution is 2.09. The SMILES string of the molecule is CCc1cc(NC(=O)NCCC(O)C(C)C)n(C)n1. The Kier molecular flexibility index (Phi) is 5.82. The fourth-order valence-electron chi connectivity index (χ4n) is 1.64. The molecular formula is C13H24N4O2. The van der Waals surface area contributed by atoms with E-state index in [9.17, 15) is 9.90 Å². The number of aryl methyl sites for hydroxylation is 2. The number of carbonyl (C=O) groups is 1. The Labute approximate surface area is 114 Å². The predicted molar refractivity (Wildman–Crippen MR) is 75.1 cm³/mol. The van der Waals surface area contributed by atoms with Crippen molar-refractivity contribution in [1.82, 2.24) is 15.1 Å². The molecule has 1 atom stereocenters. The molecule has 0 saturated carbocycles. The van der Waals surface area contributed by atoms with Crippen molar-refractivity contribution in [3.8, 4) is 0 Å². The Morgan fingerprint density at radius 3 is 2.74 bits per heavy atom. The quantitative estimate of drug-likeness (QED) is 0.731. The van der Waals surface area contributed by atoms with E-state index in [1.54, 1.807) is 11.7 Å². The number of aliphatic hydroxyl groups is 1. The van der Waals surface area contributed by atoms with E-state index in [0.29, 0.717) is 18.8 Å². The van der Waals surface area contributed by atoms with Gasteiger partial charge in [-0.15, -0.1) is 0 Å². The minimum atomic E-state index is -0.385. The van der Waals surface area contributed by atoms with Gasteiger partial charge in [0.2, 0.25) is 0 Å². The molecule has 0 aliphatic rings. The fraction of sp³-hybridized carbons (Fsp3) is 0.692. The lowest BCUT2D eigenvalue weighted by Gasteiger charge is -2.14. The summed E-state index contributed by atoms with van der Waals surface area (Å²) < 4.78 is 1.64. The molecule has 0 bridgehead atoms. The Bertz CT molecular complexity index is 415. The Hall–Kier alpha value is -1.56. The molecule has 2 amide bonds. The van der Waals surface area contributed by atoms with E-state index in [2.05, 4.69) is 15.7 Å². The number of hydrogen-bond acceptors (Lipinski definition) is 3. The van der Waals surface area contributed by atoms with Gasteiger partial charge in [-0.25, -0.2) is 4.79 Å². The van der Waals surface area contributed by atoms with E-state index in [4.69, 9.17) is 0 Å². The van der Waals surface area contributed by atoms with Crippen LogP contribution in [0.4, 0.5) is 10.6 Å². The summed E-state index contributed by atoms with van der Waals surface area (Å²) in [7, 11) is 1.79. The van der Waals surface area contributed by atoms with Gasteiger partial charge >= 0.3 is 6.03 Å². The molecular weight excluding hydrogens is 244 g/mol. The average Bonchev–Trinajstić information content (AvgIpc) is 2.70. The van der Waals surface area contributed by atoms with Gasteiger partial charge in [0.15, 0.2) is 0 Å². The van der Waals surface area contributed by atoms with E-state index in [1.807, 2.05) is 26.8 Å². The number of nitrogens with one attached hydrogen (secondary N) is 2. The van der Waals surface area contributed by atoms with Crippen LogP contribution in [0.15, 0.2) is 6.07 Å². The first-order chi connectivity index (χ1) is 8.93. The molecule has 0 aromatic carbocycles. The molecule has 1 rings (SSSR count). The van der Waals surface area contributed by atoms with Crippen LogP contribution in [0.3, 0.4) is 0 Å². The molecule has 0 fully saturated rings. The molecule has 6 nitrogen and oxygen atoms in total. The summed E-state index contributed by atoms with van der Waals surface area (Å²) >= 11 is 0. The van der Waals surface area contributed by atoms with Crippen molar-refractivity contribution in [2.75, 3.05) is 11.9 Å². The lowest BCUT2D eigenvalue weighted by atomic mass is 10.0. The number of rotatable bonds is 6. The van der Waals surface area contributed by atoms with Crippen LogP contribution in [0.2, 0.25) is 0 Å². The molecule has 0 radical (unpaired) electrons. The third kappa shape index (κ3) is 4.90. The van der Waals surface area contributed by atoms with Crippen molar-refractivity contribution in [2.45, 2.75) is 39.7 Å². The lowest BCUT2D eigenvalue weighted by molar-refractivity contribution is 0.117. The van der Waals surface area contributed by atoms with Crippen molar-refractivity contribution in [3.05, 3.63) is 11.8 Å². The van der Waals surface area contributed by atoms with Crippen molar-refractivity contribution in [1.29, 1.82) is 0 Å². The second-order valence-corrected chi connectivity index (χ2v) is 4.98.